The van der Waals surface area contributed by atoms with Gasteiger partial charge in [0.2, 0.25) is 5.91 Å². The van der Waals surface area contributed by atoms with Crippen LogP contribution in [0.3, 0.4) is 0 Å². The van der Waals surface area contributed by atoms with Gasteiger partial charge in [-0.05, 0) is 25.0 Å². The lowest BCUT2D eigenvalue weighted by molar-refractivity contribution is -0.130. The van der Waals surface area contributed by atoms with Gasteiger partial charge in [-0.15, -0.1) is 11.8 Å². The first-order chi connectivity index (χ1) is 12.3. The van der Waals surface area contributed by atoms with Gasteiger partial charge in [0, 0.05) is 31.2 Å². The quantitative estimate of drug-likeness (QED) is 0.778. The van der Waals surface area contributed by atoms with Gasteiger partial charge in [-0.3, -0.25) is 4.79 Å². The Labute approximate surface area is 156 Å². The van der Waals surface area contributed by atoms with Crippen LogP contribution in [0.15, 0.2) is 24.3 Å². The third-order valence-electron chi connectivity index (χ3n) is 5.08. The van der Waals surface area contributed by atoms with E-state index in [1.165, 1.54) is 25.7 Å². The predicted octanol–water partition coefficient (Wildman–Crippen LogP) is 4.34. The second-order valence-corrected chi connectivity index (χ2v) is 9.14. The lowest BCUT2D eigenvalue weighted by Gasteiger charge is -2.31. The van der Waals surface area contributed by atoms with Gasteiger partial charge in [-0.1, -0.05) is 36.3 Å². The normalized spacial score (nSPS) is 19.6. The molecular formula is C19H24N2O2S2. The van der Waals surface area contributed by atoms with Crippen molar-refractivity contribution >= 4 is 39.2 Å². The molecule has 1 amide bonds. The average Bonchev–Trinajstić information content (AvgIpc) is 3.29. The Morgan fingerprint density at radius 3 is 2.72 bits per heavy atom. The molecule has 2 aromatic rings. The van der Waals surface area contributed by atoms with Crippen molar-refractivity contribution in [3.8, 4) is 5.19 Å². The molecule has 4 nitrogen and oxygen atoms in total. The summed E-state index contributed by atoms with van der Waals surface area (Å²) in [5.41, 5.74) is 0.999. The van der Waals surface area contributed by atoms with E-state index >= 15 is 0 Å². The molecule has 2 heterocycles. The number of fused-ring (bicyclic) bond motifs is 1. The van der Waals surface area contributed by atoms with Gasteiger partial charge in [-0.25, -0.2) is 4.98 Å². The number of likely N-dealkylation sites (tertiary alicyclic amines) is 1. The third kappa shape index (κ3) is 4.29. The van der Waals surface area contributed by atoms with Crippen LogP contribution in [0.1, 0.15) is 38.5 Å². The first-order valence-corrected chi connectivity index (χ1v) is 11.1. The third-order valence-corrected chi connectivity index (χ3v) is 7.36. The monoisotopic (exact) mass is 376 g/mol. The largest absolute Gasteiger partial charge is 0.467 e. The molecule has 1 saturated heterocycles. The highest BCUT2D eigenvalue weighted by Crippen LogP contribution is 2.31. The number of carbonyl (C=O) groups is 1. The summed E-state index contributed by atoms with van der Waals surface area (Å²) in [6.07, 6.45) is 7.21. The molecule has 1 aliphatic carbocycles. The number of carbonyl (C=O) groups excluding carboxylic acids is 1. The van der Waals surface area contributed by atoms with Crippen molar-refractivity contribution in [3.63, 3.8) is 0 Å². The van der Waals surface area contributed by atoms with Crippen molar-refractivity contribution in [3.05, 3.63) is 24.3 Å². The van der Waals surface area contributed by atoms with Gasteiger partial charge in [0.05, 0.1) is 16.0 Å². The average molecular weight is 377 g/mol. The number of nitrogens with zero attached hydrogens (tertiary/aromatic N) is 2. The van der Waals surface area contributed by atoms with Crippen LogP contribution in [0.4, 0.5) is 0 Å². The van der Waals surface area contributed by atoms with Crippen LogP contribution in [0.5, 0.6) is 5.19 Å². The number of amides is 1. The lowest BCUT2D eigenvalue weighted by atomic mass is 10.1. The van der Waals surface area contributed by atoms with Crippen molar-refractivity contribution in [2.24, 2.45) is 0 Å². The van der Waals surface area contributed by atoms with Crippen molar-refractivity contribution < 1.29 is 9.53 Å². The van der Waals surface area contributed by atoms with Crippen LogP contribution in [-0.2, 0) is 4.79 Å². The fourth-order valence-corrected chi connectivity index (χ4v) is 5.71. The van der Waals surface area contributed by atoms with Crippen LogP contribution in [0.25, 0.3) is 10.2 Å². The molecule has 6 heteroatoms. The van der Waals surface area contributed by atoms with E-state index in [0.29, 0.717) is 16.9 Å². The molecule has 0 N–H and O–H groups in total. The Morgan fingerprint density at radius 1 is 1.20 bits per heavy atom. The topological polar surface area (TPSA) is 42.4 Å². The van der Waals surface area contributed by atoms with Gasteiger partial charge < -0.3 is 9.64 Å². The number of para-hydroxylation sites is 1. The van der Waals surface area contributed by atoms with Crippen LogP contribution in [0, 0.1) is 0 Å². The van der Waals surface area contributed by atoms with E-state index < -0.39 is 0 Å². The number of hydrogen-bond donors (Lipinski definition) is 0. The Morgan fingerprint density at radius 2 is 1.96 bits per heavy atom. The van der Waals surface area contributed by atoms with Crippen LogP contribution < -0.4 is 4.74 Å². The smallest absolute Gasteiger partial charge is 0.274 e. The summed E-state index contributed by atoms with van der Waals surface area (Å²) in [6, 6.07) is 8.11. The van der Waals surface area contributed by atoms with Crippen molar-refractivity contribution in [2.75, 3.05) is 18.8 Å². The van der Waals surface area contributed by atoms with E-state index in [-0.39, 0.29) is 6.10 Å². The second-order valence-electron chi connectivity index (χ2n) is 6.86. The van der Waals surface area contributed by atoms with Gasteiger partial charge in [0.1, 0.15) is 6.10 Å². The van der Waals surface area contributed by atoms with E-state index in [9.17, 15) is 4.79 Å². The molecule has 25 heavy (non-hydrogen) atoms. The zero-order chi connectivity index (χ0) is 17.1. The minimum atomic E-state index is 0.173. The Bertz CT molecular complexity index is 686. The van der Waals surface area contributed by atoms with E-state index in [0.717, 1.165) is 41.3 Å². The highest BCUT2D eigenvalue weighted by atomic mass is 32.2. The van der Waals surface area contributed by atoms with Crippen LogP contribution in [0.2, 0.25) is 0 Å². The SMILES string of the molecule is O=C(CSC1CCCC1)N1CCC(Oc2nc3ccccc3s2)CC1. The summed E-state index contributed by atoms with van der Waals surface area (Å²) in [5, 5.41) is 1.46. The number of hydrogen-bond acceptors (Lipinski definition) is 5. The molecule has 0 unspecified atom stereocenters. The number of ether oxygens (including phenoxy) is 1. The summed E-state index contributed by atoms with van der Waals surface area (Å²) in [5.74, 6) is 0.948. The molecule has 0 radical (unpaired) electrons. The standard InChI is InChI=1S/C19H24N2O2S2/c22-18(13-24-15-5-1-2-6-15)21-11-9-14(10-12-21)23-19-20-16-7-3-4-8-17(16)25-19/h3-4,7-8,14-15H,1-2,5-6,9-13H2. The maximum absolute atomic E-state index is 12.4. The summed E-state index contributed by atoms with van der Waals surface area (Å²) in [7, 11) is 0. The molecule has 1 aromatic carbocycles. The minimum Gasteiger partial charge on any atom is -0.467 e. The molecule has 134 valence electrons. The fraction of sp³-hybridized carbons (Fsp3) is 0.579. The van der Waals surface area contributed by atoms with Crippen molar-refractivity contribution in [1.29, 1.82) is 0 Å². The molecule has 1 aromatic heterocycles. The van der Waals surface area contributed by atoms with Gasteiger partial charge >= 0.3 is 0 Å². The Hall–Kier alpha value is -1.27. The first-order valence-electron chi connectivity index (χ1n) is 9.19. The Balaban J connectivity index is 1.24. The second kappa shape index (κ2) is 7.96. The highest BCUT2D eigenvalue weighted by Gasteiger charge is 2.25. The zero-order valence-electron chi connectivity index (χ0n) is 14.4. The zero-order valence-corrected chi connectivity index (χ0v) is 16.0. The number of thiazole rings is 1. The molecule has 2 aliphatic rings. The highest BCUT2D eigenvalue weighted by molar-refractivity contribution is 8.00. The van der Waals surface area contributed by atoms with Crippen LogP contribution in [-0.4, -0.2) is 46.0 Å². The first kappa shape index (κ1) is 17.2. The van der Waals surface area contributed by atoms with Crippen molar-refractivity contribution in [2.45, 2.75) is 49.9 Å². The summed E-state index contributed by atoms with van der Waals surface area (Å²) < 4.78 is 7.24. The number of aromatic nitrogens is 1. The molecule has 2 fully saturated rings. The number of piperidine rings is 1. The lowest BCUT2D eigenvalue weighted by Crippen LogP contribution is -2.42. The van der Waals surface area contributed by atoms with Gasteiger partial charge in [0.25, 0.3) is 5.19 Å². The molecule has 0 bridgehead atoms. The van der Waals surface area contributed by atoms with E-state index in [1.807, 2.05) is 34.9 Å². The summed E-state index contributed by atoms with van der Waals surface area (Å²) >= 11 is 3.46. The van der Waals surface area contributed by atoms with Gasteiger partial charge in [-0.2, -0.15) is 0 Å². The van der Waals surface area contributed by atoms with E-state index in [1.54, 1.807) is 11.3 Å². The summed E-state index contributed by atoms with van der Waals surface area (Å²) in [4.78, 5) is 19.0. The molecule has 0 spiro atoms. The molecule has 1 aliphatic heterocycles. The van der Waals surface area contributed by atoms with Crippen LogP contribution >= 0.6 is 23.1 Å². The van der Waals surface area contributed by atoms with Crippen molar-refractivity contribution in [1.82, 2.24) is 9.88 Å². The molecular weight excluding hydrogens is 352 g/mol. The minimum absolute atomic E-state index is 0.173. The van der Waals surface area contributed by atoms with E-state index in [2.05, 4.69) is 11.1 Å². The fourth-order valence-electron chi connectivity index (χ4n) is 3.60. The van der Waals surface area contributed by atoms with Gasteiger partial charge in [0.15, 0.2) is 0 Å². The number of rotatable bonds is 5. The molecule has 4 rings (SSSR count). The number of thioether (sulfide) groups is 1. The van der Waals surface area contributed by atoms with E-state index in [4.69, 9.17) is 4.74 Å². The molecule has 0 atom stereocenters. The predicted molar refractivity (Wildman–Crippen MR) is 105 cm³/mol. The number of benzene rings is 1. The maximum Gasteiger partial charge on any atom is 0.274 e. The summed E-state index contributed by atoms with van der Waals surface area (Å²) in [6.45, 7) is 1.61. The molecule has 1 saturated carbocycles. The Kier molecular flexibility index (Phi) is 5.46. The maximum atomic E-state index is 12.4.